The fraction of sp³-hybridized carbons (Fsp3) is 0.700. The Labute approximate surface area is 147 Å². The van der Waals surface area contributed by atoms with Gasteiger partial charge in [0.05, 0.1) is 0 Å². The van der Waals surface area contributed by atoms with Gasteiger partial charge < -0.3 is 15.3 Å². The first-order valence-corrected chi connectivity index (χ1v) is 9.47. The van der Waals surface area contributed by atoms with Gasteiger partial charge in [0.25, 0.3) is 0 Å². The van der Waals surface area contributed by atoms with Gasteiger partial charge >= 0.3 is 0 Å². The van der Waals surface area contributed by atoms with Gasteiger partial charge in [-0.15, -0.1) is 0 Å². The third-order valence-corrected chi connectivity index (χ3v) is 5.03. The van der Waals surface area contributed by atoms with Gasteiger partial charge in [-0.25, -0.2) is 0 Å². The molecule has 0 bridgehead atoms. The lowest BCUT2D eigenvalue weighted by Crippen LogP contribution is -2.53. The van der Waals surface area contributed by atoms with Crippen molar-refractivity contribution in [3.05, 3.63) is 29.8 Å². The number of hydrogen-bond donors (Lipinski definition) is 2. The van der Waals surface area contributed by atoms with Gasteiger partial charge in [-0.2, -0.15) is 0 Å². The molecule has 136 valence electrons. The normalized spacial score (nSPS) is 18.2. The number of nitrogens with zero attached hydrogens (tertiary/aromatic N) is 2. The molecule has 0 unspecified atom stereocenters. The van der Waals surface area contributed by atoms with Crippen molar-refractivity contribution in [2.24, 2.45) is 5.92 Å². The highest BCUT2D eigenvalue weighted by molar-refractivity contribution is 5.26. The second-order valence-corrected chi connectivity index (χ2v) is 7.50. The average molecular weight is 334 g/mol. The van der Waals surface area contributed by atoms with E-state index in [4.69, 9.17) is 0 Å². The van der Waals surface area contributed by atoms with Gasteiger partial charge in [-0.3, -0.25) is 4.90 Å². The van der Waals surface area contributed by atoms with Crippen LogP contribution >= 0.6 is 0 Å². The molecule has 4 heteroatoms. The number of rotatable bonds is 9. The topological polar surface area (TPSA) is 38.7 Å². The zero-order valence-electron chi connectivity index (χ0n) is 15.7. The molecule has 1 aromatic rings. The van der Waals surface area contributed by atoms with E-state index in [1.807, 2.05) is 19.2 Å². The van der Waals surface area contributed by atoms with E-state index in [-0.39, 0.29) is 0 Å². The summed E-state index contributed by atoms with van der Waals surface area (Å²) >= 11 is 0. The molecule has 2 N–H and O–H groups in total. The van der Waals surface area contributed by atoms with Crippen LogP contribution in [0, 0.1) is 5.92 Å². The summed E-state index contributed by atoms with van der Waals surface area (Å²) in [6.07, 6.45) is 3.70. The summed E-state index contributed by atoms with van der Waals surface area (Å²) in [7, 11) is 2.03. The van der Waals surface area contributed by atoms with Crippen molar-refractivity contribution in [3.8, 4) is 5.75 Å². The quantitative estimate of drug-likeness (QED) is 0.728. The maximum atomic E-state index is 9.45. The Bertz CT molecular complexity index is 452. The predicted octanol–water partition coefficient (Wildman–Crippen LogP) is 2.58. The number of aromatic hydroxyl groups is 1. The molecular weight excluding hydrogens is 298 g/mol. The third kappa shape index (κ3) is 6.42. The van der Waals surface area contributed by atoms with E-state index in [1.54, 1.807) is 12.1 Å². The van der Waals surface area contributed by atoms with Crippen molar-refractivity contribution in [2.45, 2.75) is 39.2 Å². The molecule has 1 aliphatic heterocycles. The van der Waals surface area contributed by atoms with Crippen LogP contribution in [0.3, 0.4) is 0 Å². The van der Waals surface area contributed by atoms with Crippen molar-refractivity contribution < 1.29 is 5.11 Å². The summed E-state index contributed by atoms with van der Waals surface area (Å²) in [5.74, 6) is 1.16. The first kappa shape index (κ1) is 19.2. The Kier molecular flexibility index (Phi) is 8.03. The van der Waals surface area contributed by atoms with E-state index in [0.717, 1.165) is 32.0 Å². The lowest BCUT2D eigenvalue weighted by molar-refractivity contribution is 0.0940. The maximum absolute atomic E-state index is 9.45. The Hall–Kier alpha value is -1.10. The van der Waals surface area contributed by atoms with E-state index in [0.29, 0.717) is 11.8 Å². The van der Waals surface area contributed by atoms with Crippen LogP contribution in [0.1, 0.15) is 32.3 Å². The fourth-order valence-electron chi connectivity index (χ4n) is 3.55. The molecule has 0 amide bonds. The summed E-state index contributed by atoms with van der Waals surface area (Å²) < 4.78 is 0. The molecule has 2 rings (SSSR count). The maximum Gasteiger partial charge on any atom is 0.115 e. The first-order chi connectivity index (χ1) is 11.6. The summed E-state index contributed by atoms with van der Waals surface area (Å²) in [4.78, 5) is 5.25. The highest BCUT2D eigenvalue weighted by atomic mass is 16.3. The van der Waals surface area contributed by atoms with Gasteiger partial charge in [-0.1, -0.05) is 26.0 Å². The van der Waals surface area contributed by atoms with Crippen LogP contribution in [0.15, 0.2) is 24.3 Å². The highest BCUT2D eigenvalue weighted by Crippen LogP contribution is 2.15. The summed E-state index contributed by atoms with van der Waals surface area (Å²) in [6, 6.07) is 8.19. The van der Waals surface area contributed by atoms with E-state index in [9.17, 15) is 5.11 Å². The molecule has 0 spiro atoms. The Balaban J connectivity index is 1.80. The second kappa shape index (κ2) is 10.0. The van der Waals surface area contributed by atoms with Gasteiger partial charge in [0.15, 0.2) is 0 Å². The molecule has 24 heavy (non-hydrogen) atoms. The fourth-order valence-corrected chi connectivity index (χ4v) is 3.55. The van der Waals surface area contributed by atoms with Crippen molar-refractivity contribution in [3.63, 3.8) is 0 Å². The SMILES string of the molecule is CNC[C@@H](Cc1ccc(O)cc1)N1CCN(CCCC(C)C)CC1. The molecule has 0 saturated carbocycles. The van der Waals surface area contributed by atoms with E-state index in [2.05, 4.69) is 29.0 Å². The average Bonchev–Trinajstić information content (AvgIpc) is 2.57. The molecule has 1 atom stereocenters. The van der Waals surface area contributed by atoms with E-state index < -0.39 is 0 Å². The van der Waals surface area contributed by atoms with E-state index in [1.165, 1.54) is 38.0 Å². The highest BCUT2D eigenvalue weighted by Gasteiger charge is 2.23. The molecule has 1 aliphatic rings. The number of phenolic OH excluding ortho intramolecular Hbond substituents is 1. The largest absolute Gasteiger partial charge is 0.508 e. The van der Waals surface area contributed by atoms with E-state index >= 15 is 0 Å². The molecule has 0 aliphatic carbocycles. The van der Waals surface area contributed by atoms with Crippen molar-refractivity contribution in [2.75, 3.05) is 46.3 Å². The van der Waals surface area contributed by atoms with Crippen LogP contribution in [-0.2, 0) is 6.42 Å². The third-order valence-electron chi connectivity index (χ3n) is 5.03. The monoisotopic (exact) mass is 333 g/mol. The molecule has 1 aromatic carbocycles. The van der Waals surface area contributed by atoms with Crippen LogP contribution in [-0.4, -0.2) is 67.3 Å². The van der Waals surface area contributed by atoms with Gasteiger partial charge in [0.1, 0.15) is 5.75 Å². The number of benzene rings is 1. The number of phenols is 1. The predicted molar refractivity (Wildman–Crippen MR) is 102 cm³/mol. The molecule has 4 nitrogen and oxygen atoms in total. The summed E-state index contributed by atoms with van der Waals surface area (Å²) in [5.41, 5.74) is 1.30. The second-order valence-electron chi connectivity index (χ2n) is 7.50. The summed E-state index contributed by atoms with van der Waals surface area (Å²) in [5, 5.41) is 12.8. The molecule has 0 aromatic heterocycles. The summed E-state index contributed by atoms with van der Waals surface area (Å²) in [6.45, 7) is 11.6. The number of hydrogen-bond acceptors (Lipinski definition) is 4. The molecular formula is C20H35N3O. The Morgan fingerprint density at radius 2 is 1.75 bits per heavy atom. The smallest absolute Gasteiger partial charge is 0.115 e. The van der Waals surface area contributed by atoms with Crippen LogP contribution in [0.5, 0.6) is 5.75 Å². The van der Waals surface area contributed by atoms with Gasteiger partial charge in [0.2, 0.25) is 0 Å². The van der Waals surface area contributed by atoms with Gasteiger partial charge in [-0.05, 0) is 56.5 Å². The Morgan fingerprint density at radius 3 is 2.33 bits per heavy atom. The molecule has 1 saturated heterocycles. The number of piperazine rings is 1. The van der Waals surface area contributed by atoms with Crippen molar-refractivity contribution >= 4 is 0 Å². The first-order valence-electron chi connectivity index (χ1n) is 9.47. The lowest BCUT2D eigenvalue weighted by atomic mass is 10.0. The minimum absolute atomic E-state index is 0.346. The van der Waals surface area contributed by atoms with Gasteiger partial charge in [0, 0.05) is 38.8 Å². The zero-order valence-corrected chi connectivity index (χ0v) is 15.7. The van der Waals surface area contributed by atoms with Crippen molar-refractivity contribution in [1.82, 2.24) is 15.1 Å². The standard InChI is InChI=1S/C20H35N3O/c1-17(2)5-4-10-22-11-13-23(14-12-22)19(16-21-3)15-18-6-8-20(24)9-7-18/h6-9,17,19,21,24H,4-5,10-16H2,1-3H3/t19-/m1/s1. The molecule has 0 radical (unpaired) electrons. The van der Waals surface area contributed by atoms with Crippen LogP contribution in [0.25, 0.3) is 0 Å². The molecule has 1 heterocycles. The zero-order chi connectivity index (χ0) is 17.4. The van der Waals surface area contributed by atoms with Crippen LogP contribution in [0.2, 0.25) is 0 Å². The molecule has 1 fully saturated rings. The minimum atomic E-state index is 0.346. The Morgan fingerprint density at radius 1 is 1.08 bits per heavy atom. The van der Waals surface area contributed by atoms with Crippen LogP contribution < -0.4 is 5.32 Å². The number of likely N-dealkylation sites (N-methyl/N-ethyl adjacent to an activating group) is 1. The number of nitrogens with one attached hydrogen (secondary N) is 1. The van der Waals surface area contributed by atoms with Crippen molar-refractivity contribution in [1.29, 1.82) is 0 Å². The van der Waals surface area contributed by atoms with Crippen LogP contribution in [0.4, 0.5) is 0 Å². The minimum Gasteiger partial charge on any atom is -0.508 e. The lowest BCUT2D eigenvalue weighted by Gasteiger charge is -2.39.